The molecule has 2 rings (SSSR count). The lowest BCUT2D eigenvalue weighted by Gasteiger charge is -2.15. The van der Waals surface area contributed by atoms with Gasteiger partial charge in [-0.2, -0.15) is 0 Å². The number of thioether (sulfide) groups is 1. The zero-order valence-corrected chi connectivity index (χ0v) is 10.3. The first-order valence-corrected chi connectivity index (χ1v) is 6.69. The Labute approximate surface area is 100 Å². The number of benzene rings is 1. The summed E-state index contributed by atoms with van der Waals surface area (Å²) in [6.45, 7) is 1.69. The molecule has 0 unspecified atom stereocenters. The molecule has 1 aliphatic rings. The molecule has 0 heterocycles. The van der Waals surface area contributed by atoms with E-state index in [2.05, 4.69) is 0 Å². The number of hydrogen-bond acceptors (Lipinski definition) is 2. The highest BCUT2D eigenvalue weighted by Crippen LogP contribution is 2.39. The van der Waals surface area contributed by atoms with Crippen LogP contribution in [0.3, 0.4) is 0 Å². The maximum absolute atomic E-state index is 13.7. The van der Waals surface area contributed by atoms with Crippen molar-refractivity contribution in [1.82, 2.24) is 0 Å². The number of hydrogen-bond donors (Lipinski definition) is 1. The fraction of sp³-hybridized carbons (Fsp3) is 0.538. The van der Waals surface area contributed by atoms with Gasteiger partial charge in [0.15, 0.2) is 0 Å². The van der Waals surface area contributed by atoms with Crippen LogP contribution < -0.4 is 0 Å². The molecule has 1 nitrogen and oxygen atoms in total. The van der Waals surface area contributed by atoms with Gasteiger partial charge < -0.3 is 5.11 Å². The third-order valence-corrected chi connectivity index (χ3v) is 4.51. The Bertz CT molecular complexity index is 359. The molecule has 0 saturated heterocycles. The predicted molar refractivity (Wildman–Crippen MR) is 65.1 cm³/mol. The summed E-state index contributed by atoms with van der Waals surface area (Å²) in [5.74, 6) is -0.199. The molecule has 0 spiro atoms. The molecule has 1 aromatic rings. The zero-order chi connectivity index (χ0) is 11.5. The molecule has 1 saturated carbocycles. The molecule has 1 aliphatic carbocycles. The first kappa shape index (κ1) is 11.9. The SMILES string of the molecule is C[C@H](O)c1cccc(F)c1SC1CCCC1. The topological polar surface area (TPSA) is 20.2 Å². The van der Waals surface area contributed by atoms with Gasteiger partial charge in [-0.1, -0.05) is 25.0 Å². The Morgan fingerprint density at radius 1 is 1.38 bits per heavy atom. The largest absolute Gasteiger partial charge is 0.389 e. The van der Waals surface area contributed by atoms with Crippen LogP contribution in [-0.2, 0) is 0 Å². The van der Waals surface area contributed by atoms with Crippen LogP contribution in [-0.4, -0.2) is 10.4 Å². The molecule has 0 amide bonds. The normalized spacial score (nSPS) is 18.9. The maximum atomic E-state index is 13.7. The molecule has 1 atom stereocenters. The van der Waals surface area contributed by atoms with Crippen molar-refractivity contribution in [2.45, 2.75) is 48.9 Å². The minimum absolute atomic E-state index is 0.199. The summed E-state index contributed by atoms with van der Waals surface area (Å²) in [6.07, 6.45) is 4.22. The Hall–Kier alpha value is -0.540. The van der Waals surface area contributed by atoms with Gasteiger partial charge in [-0.25, -0.2) is 4.39 Å². The van der Waals surface area contributed by atoms with E-state index in [0.717, 1.165) is 18.4 Å². The van der Waals surface area contributed by atoms with Gasteiger partial charge in [-0.3, -0.25) is 0 Å². The highest BCUT2D eigenvalue weighted by atomic mass is 32.2. The summed E-state index contributed by atoms with van der Waals surface area (Å²) in [4.78, 5) is 0.643. The average Bonchev–Trinajstić information content (AvgIpc) is 2.73. The summed E-state index contributed by atoms with van der Waals surface area (Å²) in [7, 11) is 0. The van der Waals surface area contributed by atoms with E-state index in [-0.39, 0.29) is 5.82 Å². The van der Waals surface area contributed by atoms with E-state index < -0.39 is 6.10 Å². The minimum Gasteiger partial charge on any atom is -0.389 e. The predicted octanol–water partition coefficient (Wildman–Crippen LogP) is 3.91. The molecule has 3 heteroatoms. The first-order chi connectivity index (χ1) is 7.68. The van der Waals surface area contributed by atoms with Crippen LogP contribution in [0.5, 0.6) is 0 Å². The van der Waals surface area contributed by atoms with Crippen LogP contribution >= 0.6 is 11.8 Å². The van der Waals surface area contributed by atoms with E-state index in [1.165, 1.54) is 18.9 Å². The van der Waals surface area contributed by atoms with Crippen LogP contribution in [0, 0.1) is 5.82 Å². The van der Waals surface area contributed by atoms with Gasteiger partial charge in [0.2, 0.25) is 0 Å². The van der Waals surface area contributed by atoms with Crippen LogP contribution in [0.1, 0.15) is 44.3 Å². The number of aliphatic hydroxyl groups is 1. The Balaban J connectivity index is 2.23. The molecule has 0 radical (unpaired) electrons. The molecule has 1 aromatic carbocycles. The van der Waals surface area contributed by atoms with E-state index in [0.29, 0.717) is 10.1 Å². The van der Waals surface area contributed by atoms with E-state index in [1.54, 1.807) is 24.8 Å². The highest BCUT2D eigenvalue weighted by molar-refractivity contribution is 8.00. The molecule has 0 aliphatic heterocycles. The van der Waals surface area contributed by atoms with Crippen molar-refractivity contribution in [1.29, 1.82) is 0 Å². The number of rotatable bonds is 3. The second-order valence-corrected chi connectivity index (χ2v) is 5.67. The lowest BCUT2D eigenvalue weighted by molar-refractivity contribution is 0.195. The smallest absolute Gasteiger partial charge is 0.137 e. The summed E-state index contributed by atoms with van der Waals surface area (Å²) in [5, 5.41) is 10.1. The Morgan fingerprint density at radius 3 is 2.69 bits per heavy atom. The summed E-state index contributed by atoms with van der Waals surface area (Å²) in [5.41, 5.74) is 0.719. The minimum atomic E-state index is -0.598. The molecular weight excluding hydrogens is 223 g/mol. The van der Waals surface area contributed by atoms with Crippen molar-refractivity contribution in [3.63, 3.8) is 0 Å². The second kappa shape index (κ2) is 5.19. The molecule has 0 bridgehead atoms. The third kappa shape index (κ3) is 2.58. The standard InChI is InChI=1S/C13H17FOS/c1-9(15)11-7-4-8-12(14)13(11)16-10-5-2-3-6-10/h4,7-10,15H,2-3,5-6H2,1H3/t9-/m0/s1. The molecule has 1 fully saturated rings. The average molecular weight is 240 g/mol. The van der Waals surface area contributed by atoms with Crippen molar-refractivity contribution < 1.29 is 9.50 Å². The van der Waals surface area contributed by atoms with E-state index in [9.17, 15) is 9.50 Å². The van der Waals surface area contributed by atoms with E-state index >= 15 is 0 Å². The van der Waals surface area contributed by atoms with Gasteiger partial charge in [0.25, 0.3) is 0 Å². The molecule has 88 valence electrons. The van der Waals surface area contributed by atoms with Gasteiger partial charge in [0, 0.05) is 10.1 Å². The number of halogens is 1. The van der Waals surface area contributed by atoms with Gasteiger partial charge in [0.1, 0.15) is 5.82 Å². The summed E-state index contributed by atoms with van der Waals surface area (Å²) >= 11 is 1.60. The lowest BCUT2D eigenvalue weighted by atomic mass is 10.1. The monoisotopic (exact) mass is 240 g/mol. The summed E-state index contributed by atoms with van der Waals surface area (Å²) in [6, 6.07) is 4.95. The molecule has 1 N–H and O–H groups in total. The third-order valence-electron chi connectivity index (χ3n) is 3.03. The van der Waals surface area contributed by atoms with Gasteiger partial charge in [-0.05, 0) is 31.4 Å². The zero-order valence-electron chi connectivity index (χ0n) is 9.45. The van der Waals surface area contributed by atoms with Crippen molar-refractivity contribution in [2.24, 2.45) is 0 Å². The maximum Gasteiger partial charge on any atom is 0.137 e. The molecule has 16 heavy (non-hydrogen) atoms. The summed E-state index contributed by atoms with van der Waals surface area (Å²) < 4.78 is 13.7. The Morgan fingerprint density at radius 2 is 2.06 bits per heavy atom. The quantitative estimate of drug-likeness (QED) is 0.864. The van der Waals surface area contributed by atoms with Gasteiger partial charge in [0.05, 0.1) is 6.10 Å². The highest BCUT2D eigenvalue weighted by Gasteiger charge is 2.21. The first-order valence-electron chi connectivity index (χ1n) is 5.81. The van der Waals surface area contributed by atoms with Crippen LogP contribution in [0.2, 0.25) is 0 Å². The van der Waals surface area contributed by atoms with E-state index in [1.807, 2.05) is 6.07 Å². The van der Waals surface area contributed by atoms with Gasteiger partial charge in [-0.15, -0.1) is 11.8 Å². The van der Waals surface area contributed by atoms with Crippen LogP contribution in [0.25, 0.3) is 0 Å². The van der Waals surface area contributed by atoms with Crippen molar-refractivity contribution in [3.05, 3.63) is 29.6 Å². The van der Waals surface area contributed by atoms with Gasteiger partial charge >= 0.3 is 0 Å². The van der Waals surface area contributed by atoms with Crippen LogP contribution in [0.4, 0.5) is 4.39 Å². The van der Waals surface area contributed by atoms with Crippen molar-refractivity contribution >= 4 is 11.8 Å². The molecular formula is C13H17FOS. The van der Waals surface area contributed by atoms with Crippen molar-refractivity contribution in [3.8, 4) is 0 Å². The fourth-order valence-corrected chi connectivity index (χ4v) is 3.61. The number of aliphatic hydroxyl groups excluding tert-OH is 1. The van der Waals surface area contributed by atoms with E-state index in [4.69, 9.17) is 0 Å². The molecule has 0 aromatic heterocycles. The van der Waals surface area contributed by atoms with Crippen LogP contribution in [0.15, 0.2) is 23.1 Å². The second-order valence-electron chi connectivity index (χ2n) is 4.36. The Kier molecular flexibility index (Phi) is 3.87. The lowest BCUT2D eigenvalue weighted by Crippen LogP contribution is -2.01. The van der Waals surface area contributed by atoms with Crippen molar-refractivity contribution in [2.75, 3.05) is 0 Å². The fourth-order valence-electron chi connectivity index (χ4n) is 2.15.